The van der Waals surface area contributed by atoms with E-state index in [0.29, 0.717) is 5.82 Å². The second-order valence-electron chi connectivity index (χ2n) is 2.72. The number of anilines is 1. The van der Waals surface area contributed by atoms with E-state index in [-0.39, 0.29) is 11.9 Å². The molecule has 1 aromatic heterocycles. The van der Waals surface area contributed by atoms with E-state index in [9.17, 15) is 10.1 Å². The molecule has 1 heterocycles. The van der Waals surface area contributed by atoms with Gasteiger partial charge in [0.1, 0.15) is 0 Å². The van der Waals surface area contributed by atoms with E-state index in [2.05, 4.69) is 5.10 Å². The van der Waals surface area contributed by atoms with Crippen molar-refractivity contribution in [2.75, 3.05) is 5.73 Å². The largest absolute Gasteiger partial charge is 0.392 e. The van der Waals surface area contributed by atoms with Gasteiger partial charge in [-0.3, -0.25) is 0 Å². The summed E-state index contributed by atoms with van der Waals surface area (Å²) < 4.78 is 1.41. The number of rotatable bonds is 2. The Bertz CT molecular complexity index is 304. The molecular weight excluding hydrogens is 160 g/mol. The van der Waals surface area contributed by atoms with E-state index in [4.69, 9.17) is 5.73 Å². The summed E-state index contributed by atoms with van der Waals surface area (Å²) >= 11 is 0. The molecule has 2 N–H and O–H groups in total. The first kappa shape index (κ1) is 8.51. The maximum absolute atomic E-state index is 10.3. The number of nitrogen functional groups attached to an aromatic ring is 1. The first-order valence-electron chi connectivity index (χ1n) is 3.51. The van der Waals surface area contributed by atoms with Crippen LogP contribution in [0.25, 0.3) is 0 Å². The van der Waals surface area contributed by atoms with Crippen molar-refractivity contribution < 1.29 is 4.92 Å². The molecule has 0 aliphatic heterocycles. The Morgan fingerprint density at radius 2 is 2.33 bits per heavy atom. The third kappa shape index (κ3) is 1.36. The Balaban J connectivity index is 3.09. The van der Waals surface area contributed by atoms with Crippen molar-refractivity contribution in [1.82, 2.24) is 9.78 Å². The van der Waals surface area contributed by atoms with Crippen molar-refractivity contribution in [2.24, 2.45) is 0 Å². The van der Waals surface area contributed by atoms with Gasteiger partial charge in [0.2, 0.25) is 0 Å². The molecule has 0 bridgehead atoms. The van der Waals surface area contributed by atoms with Crippen molar-refractivity contribution >= 4 is 11.6 Å². The van der Waals surface area contributed by atoms with Gasteiger partial charge in [0.05, 0.1) is 17.2 Å². The van der Waals surface area contributed by atoms with Crippen LogP contribution in [0, 0.1) is 10.1 Å². The van der Waals surface area contributed by atoms with E-state index in [0.717, 1.165) is 0 Å². The molecule has 1 rings (SSSR count). The molecule has 0 spiro atoms. The van der Waals surface area contributed by atoms with Crippen LogP contribution >= 0.6 is 0 Å². The first-order valence-corrected chi connectivity index (χ1v) is 3.51. The first-order chi connectivity index (χ1) is 5.52. The quantitative estimate of drug-likeness (QED) is 0.528. The SMILES string of the molecule is CC(C)n1nc([N+](=O)[O-])cc1N. The van der Waals surface area contributed by atoms with Crippen molar-refractivity contribution in [1.29, 1.82) is 0 Å². The summed E-state index contributed by atoms with van der Waals surface area (Å²) in [7, 11) is 0. The summed E-state index contributed by atoms with van der Waals surface area (Å²) in [5.41, 5.74) is 5.48. The van der Waals surface area contributed by atoms with Crippen LogP contribution in [0.3, 0.4) is 0 Å². The average molecular weight is 170 g/mol. The summed E-state index contributed by atoms with van der Waals surface area (Å²) in [4.78, 5) is 9.70. The molecule has 0 aromatic carbocycles. The average Bonchev–Trinajstić information content (AvgIpc) is 2.30. The van der Waals surface area contributed by atoms with Gasteiger partial charge >= 0.3 is 5.82 Å². The lowest BCUT2D eigenvalue weighted by Gasteiger charge is -2.00. The fourth-order valence-corrected chi connectivity index (χ4v) is 0.898. The highest BCUT2D eigenvalue weighted by molar-refractivity contribution is 5.37. The number of hydrogen-bond acceptors (Lipinski definition) is 4. The molecule has 0 saturated heterocycles. The fourth-order valence-electron chi connectivity index (χ4n) is 0.898. The van der Waals surface area contributed by atoms with E-state index < -0.39 is 4.92 Å². The Labute approximate surface area is 69.1 Å². The third-order valence-corrected chi connectivity index (χ3v) is 1.43. The lowest BCUT2D eigenvalue weighted by Crippen LogP contribution is -2.06. The van der Waals surface area contributed by atoms with E-state index in [1.807, 2.05) is 13.8 Å². The molecule has 6 heteroatoms. The Hall–Kier alpha value is -1.59. The minimum absolute atomic E-state index is 0.0405. The lowest BCUT2D eigenvalue weighted by molar-refractivity contribution is -0.389. The summed E-state index contributed by atoms with van der Waals surface area (Å²) in [6.45, 7) is 3.71. The predicted octanol–water partition coefficient (Wildman–Crippen LogP) is 0.954. The normalized spacial score (nSPS) is 10.6. The van der Waals surface area contributed by atoms with Gasteiger partial charge in [0.25, 0.3) is 0 Å². The molecule has 12 heavy (non-hydrogen) atoms. The van der Waals surface area contributed by atoms with Crippen LogP contribution in [0.2, 0.25) is 0 Å². The van der Waals surface area contributed by atoms with Crippen molar-refractivity contribution in [2.45, 2.75) is 19.9 Å². The summed E-state index contributed by atoms with van der Waals surface area (Å²) in [6.07, 6.45) is 0. The van der Waals surface area contributed by atoms with Crippen molar-refractivity contribution in [3.8, 4) is 0 Å². The van der Waals surface area contributed by atoms with Gasteiger partial charge in [0, 0.05) is 0 Å². The van der Waals surface area contributed by atoms with Gasteiger partial charge in [-0.15, -0.1) is 0 Å². The van der Waals surface area contributed by atoms with Crippen LogP contribution in [0.1, 0.15) is 19.9 Å². The second-order valence-corrected chi connectivity index (χ2v) is 2.72. The molecular formula is C6H10N4O2. The second kappa shape index (κ2) is 2.80. The maximum Gasteiger partial charge on any atom is 0.392 e. The highest BCUT2D eigenvalue weighted by Gasteiger charge is 2.17. The Morgan fingerprint density at radius 1 is 1.75 bits per heavy atom. The zero-order valence-electron chi connectivity index (χ0n) is 6.89. The van der Waals surface area contributed by atoms with Crippen LogP contribution in [0.15, 0.2) is 6.07 Å². The zero-order chi connectivity index (χ0) is 9.30. The smallest absolute Gasteiger partial charge is 0.382 e. The highest BCUT2D eigenvalue weighted by atomic mass is 16.6. The monoisotopic (exact) mass is 170 g/mol. The molecule has 0 saturated carbocycles. The summed E-state index contributed by atoms with van der Waals surface area (Å²) in [5.74, 6) is 0.109. The molecule has 6 nitrogen and oxygen atoms in total. The summed E-state index contributed by atoms with van der Waals surface area (Å²) in [5, 5.41) is 14.0. The van der Waals surface area contributed by atoms with Gasteiger partial charge in [-0.05, 0) is 18.8 Å². The molecule has 1 aromatic rings. The molecule has 66 valence electrons. The number of nitrogens with two attached hydrogens (primary N) is 1. The molecule has 0 radical (unpaired) electrons. The molecule has 0 amide bonds. The Kier molecular flexibility index (Phi) is 1.99. The summed E-state index contributed by atoms with van der Waals surface area (Å²) in [6, 6.07) is 1.29. The number of hydrogen-bond donors (Lipinski definition) is 1. The van der Waals surface area contributed by atoms with E-state index in [1.165, 1.54) is 10.7 Å². The predicted molar refractivity (Wildman–Crippen MR) is 43.7 cm³/mol. The van der Waals surface area contributed by atoms with Crippen LogP contribution in [0.4, 0.5) is 11.6 Å². The molecule has 0 aliphatic rings. The van der Waals surface area contributed by atoms with Crippen LogP contribution in [-0.2, 0) is 0 Å². The molecule has 0 fully saturated rings. The molecule has 0 atom stereocenters. The lowest BCUT2D eigenvalue weighted by atomic mass is 10.4. The van der Waals surface area contributed by atoms with Gasteiger partial charge < -0.3 is 15.8 Å². The van der Waals surface area contributed by atoms with Gasteiger partial charge in [-0.1, -0.05) is 0 Å². The molecule has 0 aliphatic carbocycles. The van der Waals surface area contributed by atoms with Crippen molar-refractivity contribution in [3.63, 3.8) is 0 Å². The maximum atomic E-state index is 10.3. The molecule has 0 unspecified atom stereocenters. The zero-order valence-corrected chi connectivity index (χ0v) is 6.89. The van der Waals surface area contributed by atoms with Crippen LogP contribution < -0.4 is 5.73 Å². The highest BCUT2D eigenvalue weighted by Crippen LogP contribution is 2.17. The van der Waals surface area contributed by atoms with Gasteiger partial charge in [0.15, 0.2) is 5.82 Å². The fraction of sp³-hybridized carbons (Fsp3) is 0.500. The van der Waals surface area contributed by atoms with Crippen molar-refractivity contribution in [3.05, 3.63) is 16.2 Å². The number of nitrogens with zero attached hydrogens (tertiary/aromatic N) is 3. The minimum Gasteiger partial charge on any atom is -0.382 e. The Morgan fingerprint density at radius 3 is 2.58 bits per heavy atom. The topological polar surface area (TPSA) is 87.0 Å². The standard InChI is InChI=1S/C6H10N4O2/c1-4(2)9-5(7)3-6(8-9)10(11)12/h3-4H,7H2,1-2H3. The van der Waals surface area contributed by atoms with E-state index in [1.54, 1.807) is 0 Å². The van der Waals surface area contributed by atoms with Crippen LogP contribution in [-0.4, -0.2) is 14.7 Å². The third-order valence-electron chi connectivity index (χ3n) is 1.43. The minimum atomic E-state index is -0.560. The van der Waals surface area contributed by atoms with Crippen LogP contribution in [0.5, 0.6) is 0 Å². The van der Waals surface area contributed by atoms with Gasteiger partial charge in [-0.25, -0.2) is 0 Å². The van der Waals surface area contributed by atoms with Gasteiger partial charge in [-0.2, -0.15) is 4.68 Å². The van der Waals surface area contributed by atoms with E-state index >= 15 is 0 Å². The number of nitro groups is 1. The number of aromatic nitrogens is 2.